The minimum absolute atomic E-state index is 0.131. The van der Waals surface area contributed by atoms with Crippen molar-refractivity contribution in [2.75, 3.05) is 31.5 Å². The molecule has 4 aromatic rings. The number of hydrogen-bond acceptors (Lipinski definition) is 7. The van der Waals surface area contributed by atoms with Crippen molar-refractivity contribution >= 4 is 29.0 Å². The van der Waals surface area contributed by atoms with Crippen molar-refractivity contribution in [3.63, 3.8) is 0 Å². The quantitative estimate of drug-likeness (QED) is 0.418. The molecule has 0 bridgehead atoms. The molecule has 0 aliphatic carbocycles. The lowest BCUT2D eigenvalue weighted by Gasteiger charge is -2.33. The van der Waals surface area contributed by atoms with Crippen LogP contribution in [0.4, 0.5) is 16.2 Å². The van der Waals surface area contributed by atoms with Gasteiger partial charge in [0.1, 0.15) is 17.0 Å². The summed E-state index contributed by atoms with van der Waals surface area (Å²) in [7, 11) is 0. The number of hydrogen-bond donors (Lipinski definition) is 2. The van der Waals surface area contributed by atoms with Gasteiger partial charge in [-0.05, 0) is 45.0 Å². The largest absolute Gasteiger partial charge is 0.444 e. The molecule has 4 aromatic heterocycles. The molecule has 5 heterocycles. The molecule has 0 aromatic carbocycles. The van der Waals surface area contributed by atoms with Gasteiger partial charge in [-0.3, -0.25) is 19.6 Å². The second-order valence-corrected chi connectivity index (χ2v) is 9.95. The molecule has 2 N–H and O–H groups in total. The summed E-state index contributed by atoms with van der Waals surface area (Å²) in [5, 5.41) is 7.21. The zero-order valence-electron chi connectivity index (χ0n) is 21.4. The molecule has 1 aliphatic heterocycles. The summed E-state index contributed by atoms with van der Waals surface area (Å²) in [6, 6.07) is 11.9. The van der Waals surface area contributed by atoms with E-state index in [-0.39, 0.29) is 23.3 Å². The Morgan fingerprint density at radius 2 is 1.84 bits per heavy atom. The van der Waals surface area contributed by atoms with Crippen molar-refractivity contribution in [2.45, 2.75) is 26.4 Å². The predicted molar refractivity (Wildman–Crippen MR) is 139 cm³/mol. The minimum Gasteiger partial charge on any atom is -0.444 e. The number of quaternary nitrogens is 1. The predicted octanol–water partition coefficient (Wildman–Crippen LogP) is 1.29. The summed E-state index contributed by atoms with van der Waals surface area (Å²) in [4.78, 5) is 49.7. The van der Waals surface area contributed by atoms with Gasteiger partial charge in [0.25, 0.3) is 5.91 Å². The summed E-state index contributed by atoms with van der Waals surface area (Å²) in [6.45, 7) is 7.89. The van der Waals surface area contributed by atoms with Gasteiger partial charge in [0, 0.05) is 18.5 Å². The summed E-state index contributed by atoms with van der Waals surface area (Å²) in [5.74, 6) is -0.202. The fraction of sp³-hybridized carbons (Fsp3) is 0.308. The number of anilines is 1. The van der Waals surface area contributed by atoms with Crippen molar-refractivity contribution in [3.05, 3.63) is 77.2 Å². The first-order valence-electron chi connectivity index (χ1n) is 12.3. The molecule has 0 unspecified atom stereocenters. The summed E-state index contributed by atoms with van der Waals surface area (Å²) < 4.78 is 8.05. The molecule has 2 amide bonds. The molecular weight excluding hydrogens is 488 g/mol. The fourth-order valence-electron chi connectivity index (χ4n) is 4.29. The Balaban J connectivity index is 1.31. The Kier molecular flexibility index (Phi) is 6.64. The van der Waals surface area contributed by atoms with Gasteiger partial charge in [-0.25, -0.2) is 19.0 Å². The fourth-order valence-corrected chi connectivity index (χ4v) is 4.29. The Labute approximate surface area is 218 Å². The molecule has 5 rings (SSSR count). The van der Waals surface area contributed by atoms with Crippen molar-refractivity contribution in [1.82, 2.24) is 29.0 Å². The maximum absolute atomic E-state index is 13.2. The number of pyridine rings is 3. The number of rotatable bonds is 4. The van der Waals surface area contributed by atoms with E-state index in [1.165, 1.54) is 4.40 Å². The van der Waals surface area contributed by atoms with E-state index in [1.807, 2.05) is 26.8 Å². The lowest BCUT2D eigenvalue weighted by Crippen LogP contribution is -3.10. The second-order valence-electron chi connectivity index (χ2n) is 9.95. The molecule has 1 saturated heterocycles. The highest BCUT2D eigenvalue weighted by Crippen LogP contribution is 2.18. The van der Waals surface area contributed by atoms with Crippen LogP contribution in [-0.2, 0) is 4.74 Å². The first-order valence-corrected chi connectivity index (χ1v) is 12.3. The van der Waals surface area contributed by atoms with E-state index >= 15 is 0 Å². The highest BCUT2D eigenvalue weighted by atomic mass is 16.6. The van der Waals surface area contributed by atoms with E-state index in [0.717, 1.165) is 15.3 Å². The van der Waals surface area contributed by atoms with Crippen LogP contribution in [0.15, 0.2) is 65.8 Å². The van der Waals surface area contributed by atoms with Crippen LogP contribution < -0.4 is 15.9 Å². The average Bonchev–Trinajstić information content (AvgIpc) is 3.25. The summed E-state index contributed by atoms with van der Waals surface area (Å²) in [5.41, 5.74) is 1.10. The van der Waals surface area contributed by atoms with Crippen molar-refractivity contribution in [2.24, 2.45) is 0 Å². The third-order valence-corrected chi connectivity index (χ3v) is 6.08. The number of nitrogens with zero attached hydrogens (tertiary/aromatic N) is 6. The average molecular weight is 518 g/mol. The van der Waals surface area contributed by atoms with E-state index in [2.05, 4.69) is 20.4 Å². The second kappa shape index (κ2) is 10.1. The summed E-state index contributed by atoms with van der Waals surface area (Å²) >= 11 is 0. The monoisotopic (exact) mass is 517 g/mol. The van der Waals surface area contributed by atoms with Crippen LogP contribution in [0.3, 0.4) is 0 Å². The normalized spacial score (nSPS) is 14.4. The molecule has 1 aliphatic rings. The standard InChI is InChI=1S/C26H28N8O4/c1-26(2,3)38-25(37)32-15-13-31(14-16-32)20-10-11-27-17-19(20)29-23(35)18-7-6-9-21(28-18)34-24(36)33-12-5-4-8-22(33)30-34/h4-12,17H,13-16H2,1-3H3,(H,29,35)/p+1. The van der Waals surface area contributed by atoms with Crippen molar-refractivity contribution < 1.29 is 19.2 Å². The molecule has 0 spiro atoms. The number of aromatic nitrogens is 5. The Bertz CT molecular complexity index is 1550. The number of carbonyl (C=O) groups is 2. The van der Waals surface area contributed by atoms with Gasteiger partial charge >= 0.3 is 11.8 Å². The Morgan fingerprint density at radius 1 is 1.05 bits per heavy atom. The first kappa shape index (κ1) is 25.1. The highest BCUT2D eigenvalue weighted by molar-refractivity contribution is 6.04. The minimum atomic E-state index is -0.548. The molecule has 1 fully saturated rings. The summed E-state index contributed by atoms with van der Waals surface area (Å²) in [6.07, 6.45) is 4.57. The molecule has 38 heavy (non-hydrogen) atoms. The van der Waals surface area contributed by atoms with Crippen LogP contribution >= 0.6 is 0 Å². The maximum atomic E-state index is 13.2. The van der Waals surface area contributed by atoms with Gasteiger partial charge in [0.2, 0.25) is 0 Å². The van der Waals surface area contributed by atoms with Gasteiger partial charge in [0.15, 0.2) is 17.2 Å². The SMILES string of the molecule is CC(C)(C)OC(=O)N1CC[NH+](c2ccncc2NC(=O)c2cccc(-n3nc4ccccn4c3=O)n2)CC1. The molecule has 0 saturated carbocycles. The number of nitrogens with one attached hydrogen (secondary N) is 2. The lowest BCUT2D eigenvalue weighted by molar-refractivity contribution is -0.837. The van der Waals surface area contributed by atoms with Gasteiger partial charge in [0.05, 0.1) is 32.4 Å². The number of ether oxygens (including phenoxy) is 1. The van der Waals surface area contributed by atoms with Crippen LogP contribution in [0.5, 0.6) is 0 Å². The lowest BCUT2D eigenvalue weighted by atomic mass is 10.2. The molecule has 12 nitrogen and oxygen atoms in total. The van der Waals surface area contributed by atoms with Crippen molar-refractivity contribution in [3.8, 4) is 5.82 Å². The Morgan fingerprint density at radius 3 is 2.58 bits per heavy atom. The van der Waals surface area contributed by atoms with Gasteiger partial charge in [-0.2, -0.15) is 4.68 Å². The molecule has 0 radical (unpaired) electrons. The van der Waals surface area contributed by atoms with E-state index in [1.54, 1.807) is 59.9 Å². The van der Waals surface area contributed by atoms with Crippen LogP contribution in [0, 0.1) is 0 Å². The van der Waals surface area contributed by atoms with Crippen LogP contribution in [0.25, 0.3) is 11.5 Å². The van der Waals surface area contributed by atoms with E-state index in [9.17, 15) is 14.4 Å². The van der Waals surface area contributed by atoms with Gasteiger partial charge in [-0.1, -0.05) is 12.1 Å². The zero-order chi connectivity index (χ0) is 26.9. The molecule has 0 atom stereocenters. The number of fused-ring (bicyclic) bond motifs is 1. The zero-order valence-corrected chi connectivity index (χ0v) is 21.4. The van der Waals surface area contributed by atoms with Gasteiger partial charge in [-0.15, -0.1) is 5.10 Å². The number of amides is 2. The van der Waals surface area contributed by atoms with E-state index in [4.69, 9.17) is 4.74 Å². The van der Waals surface area contributed by atoms with E-state index < -0.39 is 11.5 Å². The molecule has 12 heteroatoms. The highest BCUT2D eigenvalue weighted by Gasteiger charge is 2.30. The van der Waals surface area contributed by atoms with Crippen LogP contribution in [-0.4, -0.2) is 72.8 Å². The smallest absolute Gasteiger partial charge is 0.410 e. The topological polar surface area (TPSA) is 128 Å². The number of carbonyl (C=O) groups excluding carboxylic acids is 2. The molecule has 196 valence electrons. The van der Waals surface area contributed by atoms with Crippen LogP contribution in [0.1, 0.15) is 31.3 Å². The first-order chi connectivity index (χ1) is 18.2. The van der Waals surface area contributed by atoms with Crippen LogP contribution in [0.2, 0.25) is 0 Å². The third kappa shape index (κ3) is 5.25. The Hall–Kier alpha value is -4.58. The van der Waals surface area contributed by atoms with Crippen molar-refractivity contribution in [1.29, 1.82) is 0 Å². The third-order valence-electron chi connectivity index (χ3n) is 6.08. The van der Waals surface area contributed by atoms with E-state index in [0.29, 0.717) is 37.5 Å². The maximum Gasteiger partial charge on any atom is 0.410 e. The number of piperazine rings is 1. The molecular formula is C26H29N8O4+. The van der Waals surface area contributed by atoms with Gasteiger partial charge < -0.3 is 10.1 Å².